The molecule has 1 aliphatic heterocycles. The van der Waals surface area contributed by atoms with Crippen LogP contribution in [-0.4, -0.2) is 23.9 Å². The predicted octanol–water partition coefficient (Wildman–Crippen LogP) is 1.35. The van der Waals surface area contributed by atoms with Crippen molar-refractivity contribution in [3.05, 3.63) is 23.3 Å². The van der Waals surface area contributed by atoms with E-state index in [1.165, 1.54) is 5.57 Å². The molecule has 2 heteroatoms. The van der Waals surface area contributed by atoms with Gasteiger partial charge in [0.2, 0.25) is 5.91 Å². The summed E-state index contributed by atoms with van der Waals surface area (Å²) in [5.41, 5.74) is 2.43. The number of allylic oxidation sites excluding steroid dienone is 3. The van der Waals surface area contributed by atoms with Gasteiger partial charge in [0.1, 0.15) is 0 Å². The van der Waals surface area contributed by atoms with Crippen molar-refractivity contribution in [2.75, 3.05) is 13.1 Å². The molecule has 3 aliphatic rings. The second-order valence-corrected chi connectivity index (χ2v) is 4.22. The highest BCUT2D eigenvalue weighted by molar-refractivity contribution is 5.97. The number of carbonyl (C=O) groups excluding carboxylic acids is 1. The molecule has 1 fully saturated rings. The van der Waals surface area contributed by atoms with Gasteiger partial charge in [0, 0.05) is 24.6 Å². The van der Waals surface area contributed by atoms with Crippen LogP contribution in [0, 0.1) is 11.8 Å². The first kappa shape index (κ1) is 7.36. The average molecular weight is 175 g/mol. The van der Waals surface area contributed by atoms with Gasteiger partial charge in [-0.3, -0.25) is 4.79 Å². The molecule has 0 aromatic rings. The number of carbonyl (C=O) groups is 1. The van der Waals surface area contributed by atoms with E-state index in [-0.39, 0.29) is 0 Å². The Morgan fingerprint density at radius 2 is 2.08 bits per heavy atom. The van der Waals surface area contributed by atoms with E-state index in [1.54, 1.807) is 0 Å². The molecule has 0 aromatic heterocycles. The van der Waals surface area contributed by atoms with Gasteiger partial charge >= 0.3 is 0 Å². The fourth-order valence-electron chi connectivity index (χ4n) is 2.48. The Balaban J connectivity index is 1.94. The van der Waals surface area contributed by atoms with E-state index in [9.17, 15) is 4.79 Å². The standard InChI is InChI=1S/C11H13NO/c1-7-8-2-3-9(6-8)10(7)11(13)12-4-5-12/h2-3,8-9H,4-6H2,1H3. The lowest BCUT2D eigenvalue weighted by Gasteiger charge is -2.12. The van der Waals surface area contributed by atoms with Crippen LogP contribution in [0.15, 0.2) is 23.3 Å². The normalized spacial score (nSPS) is 34.7. The van der Waals surface area contributed by atoms with Gasteiger partial charge in [0.25, 0.3) is 0 Å². The van der Waals surface area contributed by atoms with Gasteiger partial charge in [-0.2, -0.15) is 0 Å². The van der Waals surface area contributed by atoms with Crippen molar-refractivity contribution >= 4 is 5.91 Å². The van der Waals surface area contributed by atoms with Crippen molar-refractivity contribution in [1.82, 2.24) is 4.90 Å². The van der Waals surface area contributed by atoms with Crippen LogP contribution in [0.4, 0.5) is 0 Å². The van der Waals surface area contributed by atoms with Gasteiger partial charge in [0.15, 0.2) is 0 Å². The zero-order valence-corrected chi connectivity index (χ0v) is 7.79. The van der Waals surface area contributed by atoms with Crippen molar-refractivity contribution in [3.8, 4) is 0 Å². The van der Waals surface area contributed by atoms with Crippen LogP contribution in [0.2, 0.25) is 0 Å². The minimum Gasteiger partial charge on any atom is -0.335 e. The maximum Gasteiger partial charge on any atom is 0.250 e. The number of hydrogen-bond acceptors (Lipinski definition) is 1. The molecular weight excluding hydrogens is 162 g/mol. The smallest absolute Gasteiger partial charge is 0.250 e. The van der Waals surface area contributed by atoms with E-state index in [0.29, 0.717) is 17.7 Å². The molecule has 1 amide bonds. The summed E-state index contributed by atoms with van der Waals surface area (Å²) < 4.78 is 0. The maximum atomic E-state index is 11.8. The topological polar surface area (TPSA) is 20.1 Å². The largest absolute Gasteiger partial charge is 0.335 e. The Morgan fingerprint density at radius 3 is 2.62 bits per heavy atom. The van der Waals surface area contributed by atoms with Crippen LogP contribution in [-0.2, 0) is 4.79 Å². The van der Waals surface area contributed by atoms with Gasteiger partial charge < -0.3 is 4.90 Å². The zero-order valence-electron chi connectivity index (χ0n) is 7.79. The van der Waals surface area contributed by atoms with Gasteiger partial charge in [-0.15, -0.1) is 0 Å². The fraction of sp³-hybridized carbons (Fsp3) is 0.545. The molecule has 2 atom stereocenters. The number of nitrogens with zero attached hydrogens (tertiary/aromatic N) is 1. The molecular formula is C11H13NO. The molecule has 2 bridgehead atoms. The molecule has 0 spiro atoms. The molecule has 68 valence electrons. The Morgan fingerprint density at radius 1 is 1.38 bits per heavy atom. The second kappa shape index (κ2) is 2.25. The summed E-state index contributed by atoms with van der Waals surface area (Å²) in [6.45, 7) is 4.05. The van der Waals surface area contributed by atoms with Gasteiger partial charge in [-0.25, -0.2) is 0 Å². The highest BCUT2D eigenvalue weighted by Gasteiger charge is 2.39. The van der Waals surface area contributed by atoms with Crippen LogP contribution in [0.3, 0.4) is 0 Å². The predicted molar refractivity (Wildman–Crippen MR) is 50.0 cm³/mol. The summed E-state index contributed by atoms with van der Waals surface area (Å²) in [5.74, 6) is 1.32. The highest BCUT2D eigenvalue weighted by Crippen LogP contribution is 2.44. The minimum atomic E-state index is 0.300. The van der Waals surface area contributed by atoms with Crippen molar-refractivity contribution in [1.29, 1.82) is 0 Å². The molecule has 3 rings (SSSR count). The number of fused-ring (bicyclic) bond motifs is 2. The van der Waals surface area contributed by atoms with Crippen molar-refractivity contribution in [2.45, 2.75) is 13.3 Å². The summed E-state index contributed by atoms with van der Waals surface area (Å²) in [6, 6.07) is 0. The lowest BCUT2D eigenvalue weighted by Crippen LogP contribution is -2.17. The average Bonchev–Trinajstić information content (AvgIpc) is 2.80. The molecule has 13 heavy (non-hydrogen) atoms. The molecule has 0 saturated carbocycles. The Hall–Kier alpha value is -1.05. The third-order valence-electron chi connectivity index (χ3n) is 3.40. The third kappa shape index (κ3) is 0.916. The minimum absolute atomic E-state index is 0.300. The second-order valence-electron chi connectivity index (χ2n) is 4.22. The molecule has 0 radical (unpaired) electrons. The van der Waals surface area contributed by atoms with Crippen molar-refractivity contribution < 1.29 is 4.79 Å². The van der Waals surface area contributed by atoms with Gasteiger partial charge in [0.05, 0.1) is 0 Å². The summed E-state index contributed by atoms with van der Waals surface area (Å²) in [6.07, 6.45) is 5.61. The summed E-state index contributed by atoms with van der Waals surface area (Å²) in [7, 11) is 0. The van der Waals surface area contributed by atoms with E-state index in [0.717, 1.165) is 25.1 Å². The molecule has 0 aromatic carbocycles. The molecule has 2 aliphatic carbocycles. The zero-order chi connectivity index (χ0) is 9.00. The summed E-state index contributed by atoms with van der Waals surface area (Å²) in [4.78, 5) is 13.8. The number of amides is 1. The number of hydrogen-bond donors (Lipinski definition) is 0. The first-order chi connectivity index (χ1) is 6.27. The lowest BCUT2D eigenvalue weighted by atomic mass is 9.98. The number of rotatable bonds is 1. The summed E-state index contributed by atoms with van der Waals surface area (Å²) in [5, 5.41) is 0. The van der Waals surface area contributed by atoms with E-state index in [2.05, 4.69) is 19.1 Å². The van der Waals surface area contributed by atoms with E-state index < -0.39 is 0 Å². The summed E-state index contributed by atoms with van der Waals surface area (Å²) >= 11 is 0. The quantitative estimate of drug-likeness (QED) is 0.435. The first-order valence-corrected chi connectivity index (χ1v) is 4.95. The molecule has 0 N–H and O–H groups in total. The van der Waals surface area contributed by atoms with Crippen molar-refractivity contribution in [3.63, 3.8) is 0 Å². The van der Waals surface area contributed by atoms with Crippen LogP contribution < -0.4 is 0 Å². The van der Waals surface area contributed by atoms with Crippen LogP contribution in [0.25, 0.3) is 0 Å². The molecule has 2 nitrogen and oxygen atoms in total. The molecule has 1 heterocycles. The van der Waals surface area contributed by atoms with E-state index in [1.807, 2.05) is 4.90 Å². The monoisotopic (exact) mass is 175 g/mol. The highest BCUT2D eigenvalue weighted by atomic mass is 16.2. The molecule has 2 unspecified atom stereocenters. The maximum absolute atomic E-state index is 11.8. The first-order valence-electron chi connectivity index (χ1n) is 4.95. The van der Waals surface area contributed by atoms with Crippen LogP contribution in [0.5, 0.6) is 0 Å². The Labute approximate surface area is 77.9 Å². The van der Waals surface area contributed by atoms with Crippen molar-refractivity contribution in [2.24, 2.45) is 11.8 Å². The lowest BCUT2D eigenvalue weighted by molar-refractivity contribution is -0.122. The SMILES string of the molecule is CC1=C(C(=O)N2CC2)C2C=CC1C2. The Bertz CT molecular complexity index is 336. The fourth-order valence-corrected chi connectivity index (χ4v) is 2.48. The van der Waals surface area contributed by atoms with E-state index >= 15 is 0 Å². The van der Waals surface area contributed by atoms with E-state index in [4.69, 9.17) is 0 Å². The third-order valence-corrected chi connectivity index (χ3v) is 3.40. The Kier molecular flexibility index (Phi) is 1.27. The van der Waals surface area contributed by atoms with Crippen LogP contribution >= 0.6 is 0 Å². The van der Waals surface area contributed by atoms with Crippen LogP contribution in [0.1, 0.15) is 13.3 Å². The van der Waals surface area contributed by atoms with Gasteiger partial charge in [-0.1, -0.05) is 17.7 Å². The molecule has 1 saturated heterocycles. The van der Waals surface area contributed by atoms with Gasteiger partial charge in [-0.05, 0) is 19.3 Å².